The number of rotatable bonds is 2. The van der Waals surface area contributed by atoms with Gasteiger partial charge in [-0.25, -0.2) is 0 Å². The van der Waals surface area contributed by atoms with E-state index in [4.69, 9.17) is 0 Å². The summed E-state index contributed by atoms with van der Waals surface area (Å²) in [6.07, 6.45) is 0. The number of halogens is 1. The summed E-state index contributed by atoms with van der Waals surface area (Å²) in [5.74, 6) is 0.719. The third-order valence-electron chi connectivity index (χ3n) is 2.27. The van der Waals surface area contributed by atoms with Crippen molar-refractivity contribution in [2.45, 2.75) is 13.0 Å². The van der Waals surface area contributed by atoms with Crippen LogP contribution < -0.4 is 5.32 Å². The van der Waals surface area contributed by atoms with Crippen molar-refractivity contribution in [3.63, 3.8) is 0 Å². The smallest absolute Gasteiger partial charge is 0.271 e. The second kappa shape index (κ2) is 4.21. The van der Waals surface area contributed by atoms with E-state index in [1.807, 2.05) is 13.0 Å². The molecule has 5 nitrogen and oxygen atoms in total. The number of nitro groups is 1. The zero-order valence-corrected chi connectivity index (χ0v) is 10.2. The fourth-order valence-corrected chi connectivity index (χ4v) is 2.02. The first-order valence-corrected chi connectivity index (χ1v) is 5.62. The van der Waals surface area contributed by atoms with Crippen molar-refractivity contribution in [3.8, 4) is 0 Å². The van der Waals surface area contributed by atoms with Gasteiger partial charge in [-0.05, 0) is 13.0 Å². The first-order chi connectivity index (χ1) is 7.56. The van der Waals surface area contributed by atoms with Gasteiger partial charge >= 0.3 is 0 Å². The zero-order valence-electron chi connectivity index (χ0n) is 8.61. The van der Waals surface area contributed by atoms with Crippen LogP contribution in [-0.2, 0) is 0 Å². The van der Waals surface area contributed by atoms with Gasteiger partial charge in [-0.1, -0.05) is 15.9 Å². The molecule has 1 aliphatic rings. The van der Waals surface area contributed by atoms with Gasteiger partial charge in [-0.3, -0.25) is 15.1 Å². The van der Waals surface area contributed by atoms with Crippen LogP contribution in [0.5, 0.6) is 0 Å². The monoisotopic (exact) mass is 283 g/mol. The molecule has 1 atom stereocenters. The molecule has 0 saturated heterocycles. The van der Waals surface area contributed by atoms with Gasteiger partial charge in [-0.15, -0.1) is 0 Å². The highest BCUT2D eigenvalue weighted by Gasteiger charge is 2.17. The van der Waals surface area contributed by atoms with Crippen LogP contribution in [0, 0.1) is 10.1 Å². The van der Waals surface area contributed by atoms with Crippen molar-refractivity contribution in [2.75, 3.05) is 6.54 Å². The maximum absolute atomic E-state index is 10.7. The summed E-state index contributed by atoms with van der Waals surface area (Å²) in [6.45, 7) is 2.72. The van der Waals surface area contributed by atoms with E-state index >= 15 is 0 Å². The Kier molecular flexibility index (Phi) is 2.91. The van der Waals surface area contributed by atoms with E-state index in [1.54, 1.807) is 0 Å². The van der Waals surface area contributed by atoms with E-state index in [2.05, 4.69) is 26.2 Å². The predicted molar refractivity (Wildman–Crippen MR) is 64.8 cm³/mol. The van der Waals surface area contributed by atoms with E-state index in [-0.39, 0.29) is 11.7 Å². The fraction of sp³-hybridized carbons (Fsp3) is 0.300. The molecule has 16 heavy (non-hydrogen) atoms. The fourth-order valence-electron chi connectivity index (χ4n) is 1.54. The van der Waals surface area contributed by atoms with E-state index < -0.39 is 4.92 Å². The summed E-state index contributed by atoms with van der Waals surface area (Å²) in [5.41, 5.74) is 0.804. The molecule has 0 spiro atoms. The minimum absolute atomic E-state index is 0.0634. The first-order valence-electron chi connectivity index (χ1n) is 4.82. The lowest BCUT2D eigenvalue weighted by Crippen LogP contribution is -2.27. The molecule has 0 fully saturated rings. The third kappa shape index (κ3) is 2.21. The number of non-ortho nitro benzene ring substituents is 1. The molecule has 0 amide bonds. The minimum Gasteiger partial charge on any atom is -0.366 e. The molecular formula is C10H10BrN3O2. The van der Waals surface area contributed by atoms with Gasteiger partial charge < -0.3 is 5.32 Å². The van der Waals surface area contributed by atoms with Crippen molar-refractivity contribution in [3.05, 3.63) is 38.3 Å². The van der Waals surface area contributed by atoms with Gasteiger partial charge in [0.25, 0.3) is 5.69 Å². The summed E-state index contributed by atoms with van der Waals surface area (Å²) in [7, 11) is 0. The number of nitro benzene ring substituents is 1. The number of nitrogens with one attached hydrogen (secondary N) is 1. The van der Waals surface area contributed by atoms with Crippen molar-refractivity contribution in [2.24, 2.45) is 4.99 Å². The number of nitrogens with zero attached hydrogens (tertiary/aromatic N) is 2. The second-order valence-corrected chi connectivity index (χ2v) is 4.61. The van der Waals surface area contributed by atoms with E-state index in [0.29, 0.717) is 11.0 Å². The molecule has 2 rings (SSSR count). The molecule has 1 aromatic rings. The SMILES string of the molecule is CC1CN=C(c2cc(Br)cc([N+](=O)[O-])c2)N1. The Morgan fingerprint density at radius 3 is 2.88 bits per heavy atom. The van der Waals surface area contributed by atoms with Crippen LogP contribution >= 0.6 is 15.9 Å². The van der Waals surface area contributed by atoms with Crippen LogP contribution in [0.2, 0.25) is 0 Å². The van der Waals surface area contributed by atoms with E-state index in [0.717, 1.165) is 11.4 Å². The molecule has 0 saturated carbocycles. The van der Waals surface area contributed by atoms with Gasteiger partial charge in [-0.2, -0.15) is 0 Å². The summed E-state index contributed by atoms with van der Waals surface area (Å²) >= 11 is 3.26. The van der Waals surface area contributed by atoms with Crippen LogP contribution in [-0.4, -0.2) is 23.3 Å². The van der Waals surface area contributed by atoms with Crippen molar-refractivity contribution in [1.82, 2.24) is 5.32 Å². The number of amidine groups is 1. The third-order valence-corrected chi connectivity index (χ3v) is 2.73. The summed E-state index contributed by atoms with van der Waals surface area (Å²) < 4.78 is 0.681. The molecule has 0 aliphatic carbocycles. The molecule has 0 aromatic heterocycles. The Balaban J connectivity index is 2.38. The highest BCUT2D eigenvalue weighted by Crippen LogP contribution is 2.22. The van der Waals surface area contributed by atoms with Gasteiger partial charge in [0, 0.05) is 28.2 Å². The largest absolute Gasteiger partial charge is 0.366 e. The molecule has 1 heterocycles. The van der Waals surface area contributed by atoms with E-state index in [1.165, 1.54) is 12.1 Å². The number of hydrogen-bond donors (Lipinski definition) is 1. The van der Waals surface area contributed by atoms with Crippen molar-refractivity contribution >= 4 is 27.5 Å². The number of benzene rings is 1. The molecule has 1 aliphatic heterocycles. The first kappa shape index (κ1) is 11.1. The minimum atomic E-state index is -0.410. The second-order valence-electron chi connectivity index (χ2n) is 3.69. The van der Waals surface area contributed by atoms with Crippen LogP contribution in [0.4, 0.5) is 5.69 Å². The Bertz CT molecular complexity index is 473. The quantitative estimate of drug-likeness (QED) is 0.668. The lowest BCUT2D eigenvalue weighted by atomic mass is 10.2. The average Bonchev–Trinajstić information content (AvgIpc) is 2.64. The summed E-state index contributed by atoms with van der Waals surface area (Å²) in [4.78, 5) is 14.6. The number of aliphatic imine (C=N–C) groups is 1. The molecular weight excluding hydrogens is 274 g/mol. The van der Waals surface area contributed by atoms with E-state index in [9.17, 15) is 10.1 Å². The maximum Gasteiger partial charge on any atom is 0.271 e. The topological polar surface area (TPSA) is 67.5 Å². The van der Waals surface area contributed by atoms with Gasteiger partial charge in [0.05, 0.1) is 11.5 Å². The van der Waals surface area contributed by atoms with Crippen LogP contribution in [0.3, 0.4) is 0 Å². The predicted octanol–water partition coefficient (Wildman–Crippen LogP) is 2.10. The molecule has 1 aromatic carbocycles. The van der Waals surface area contributed by atoms with Crippen LogP contribution in [0.1, 0.15) is 12.5 Å². The van der Waals surface area contributed by atoms with Gasteiger partial charge in [0.15, 0.2) is 0 Å². The molecule has 0 radical (unpaired) electrons. The Hall–Kier alpha value is -1.43. The molecule has 1 unspecified atom stereocenters. The van der Waals surface area contributed by atoms with Crippen LogP contribution in [0.25, 0.3) is 0 Å². The molecule has 6 heteroatoms. The van der Waals surface area contributed by atoms with Crippen molar-refractivity contribution in [1.29, 1.82) is 0 Å². The highest BCUT2D eigenvalue weighted by atomic mass is 79.9. The standard InChI is InChI=1S/C10H10BrN3O2/c1-6-5-12-10(13-6)7-2-8(11)4-9(3-7)14(15)16/h2-4,6H,5H2,1H3,(H,12,13). The zero-order chi connectivity index (χ0) is 11.7. The Morgan fingerprint density at radius 2 is 2.31 bits per heavy atom. The molecule has 1 N–H and O–H groups in total. The lowest BCUT2D eigenvalue weighted by Gasteiger charge is -2.06. The highest BCUT2D eigenvalue weighted by molar-refractivity contribution is 9.10. The van der Waals surface area contributed by atoms with Crippen LogP contribution in [0.15, 0.2) is 27.7 Å². The van der Waals surface area contributed by atoms with Gasteiger partial charge in [0.1, 0.15) is 5.84 Å². The van der Waals surface area contributed by atoms with Crippen molar-refractivity contribution < 1.29 is 4.92 Å². The summed E-state index contributed by atoms with van der Waals surface area (Å²) in [6, 6.07) is 5.10. The van der Waals surface area contributed by atoms with Gasteiger partial charge in [0.2, 0.25) is 0 Å². The normalized spacial score (nSPS) is 19.1. The Morgan fingerprint density at radius 1 is 1.56 bits per heavy atom. The maximum atomic E-state index is 10.7. The summed E-state index contributed by atoms with van der Waals surface area (Å²) in [5, 5.41) is 13.9. The average molecular weight is 284 g/mol. The molecule has 84 valence electrons. The lowest BCUT2D eigenvalue weighted by molar-refractivity contribution is -0.384. The molecule has 0 bridgehead atoms. The number of hydrogen-bond acceptors (Lipinski definition) is 4. The Labute approximate surface area is 101 Å².